The van der Waals surface area contributed by atoms with Crippen molar-refractivity contribution in [1.29, 1.82) is 0 Å². The Bertz CT molecular complexity index is 1050. The number of nitrogens with zero attached hydrogens (tertiary/aromatic N) is 4. The lowest BCUT2D eigenvalue weighted by Crippen LogP contribution is -2.60. The van der Waals surface area contributed by atoms with Crippen molar-refractivity contribution < 1.29 is 13.2 Å². The van der Waals surface area contributed by atoms with Gasteiger partial charge in [-0.3, -0.25) is 5.10 Å². The van der Waals surface area contributed by atoms with E-state index in [1.54, 1.807) is 12.1 Å². The van der Waals surface area contributed by atoms with Gasteiger partial charge < -0.3 is 9.80 Å². The van der Waals surface area contributed by atoms with Gasteiger partial charge in [0, 0.05) is 43.8 Å². The van der Waals surface area contributed by atoms with Crippen LogP contribution >= 0.6 is 0 Å². The first-order valence-electron chi connectivity index (χ1n) is 11.0. The van der Waals surface area contributed by atoms with E-state index in [2.05, 4.69) is 15.2 Å². The zero-order chi connectivity index (χ0) is 21.6. The maximum atomic E-state index is 12.9. The first kappa shape index (κ1) is 20.5. The number of hydrogen-bond acceptors (Lipinski definition) is 5. The first-order chi connectivity index (χ1) is 14.8. The smallest absolute Gasteiger partial charge is 0.320 e. The number of amides is 2. The van der Waals surface area contributed by atoms with Gasteiger partial charge in [-0.15, -0.1) is 0 Å². The molecule has 1 aromatic heterocycles. The van der Waals surface area contributed by atoms with E-state index in [1.807, 2.05) is 21.9 Å². The molecule has 1 spiro atoms. The topological polar surface area (TPSA) is 99.3 Å². The number of benzene rings is 1. The molecule has 2 atom stereocenters. The Morgan fingerprint density at radius 3 is 2.65 bits per heavy atom. The highest BCUT2D eigenvalue weighted by atomic mass is 32.2. The summed E-state index contributed by atoms with van der Waals surface area (Å²) in [5.41, 5.74) is 1.47. The Balaban J connectivity index is 1.12. The molecule has 1 N–H and O–H groups in total. The highest BCUT2D eigenvalue weighted by Crippen LogP contribution is 2.49. The molecule has 0 radical (unpaired) electrons. The van der Waals surface area contributed by atoms with E-state index in [0.29, 0.717) is 17.4 Å². The number of H-pyrrole nitrogens is 1. The standard InChI is InChI=1S/C22H29N5O3S/c1-31(29,30)19-4-2-16(3-5-19)10-17-6-8-22(11-17)13-27(14-22)21(28)26-9-7-18(12-26)20-23-15-24-25-20/h2-5,15,17-18H,6-14H2,1H3,(H,23,24,25). The molecule has 1 saturated carbocycles. The third-order valence-corrected chi connectivity index (χ3v) is 8.41. The van der Waals surface area contributed by atoms with Crippen LogP contribution in [0.3, 0.4) is 0 Å². The second-order valence-corrected chi connectivity index (χ2v) is 11.7. The average Bonchev–Trinajstić information content (AvgIpc) is 3.45. The molecule has 3 aliphatic rings. The molecule has 1 aliphatic carbocycles. The lowest BCUT2D eigenvalue weighted by atomic mass is 9.77. The molecule has 166 valence electrons. The second kappa shape index (κ2) is 7.62. The summed E-state index contributed by atoms with van der Waals surface area (Å²) in [6.07, 6.45) is 8.16. The van der Waals surface area contributed by atoms with Crippen LogP contribution in [0.1, 0.15) is 43.0 Å². The molecular formula is C22H29N5O3S. The summed E-state index contributed by atoms with van der Waals surface area (Å²) in [4.78, 5) is 21.5. The summed E-state index contributed by atoms with van der Waals surface area (Å²) in [5, 5.41) is 6.85. The van der Waals surface area contributed by atoms with Gasteiger partial charge in [0.15, 0.2) is 9.84 Å². The van der Waals surface area contributed by atoms with Crippen LogP contribution < -0.4 is 0 Å². The Labute approximate surface area is 183 Å². The fraction of sp³-hybridized carbons (Fsp3) is 0.591. The van der Waals surface area contributed by atoms with Gasteiger partial charge in [0.2, 0.25) is 0 Å². The van der Waals surface area contributed by atoms with Gasteiger partial charge in [-0.2, -0.15) is 5.10 Å². The maximum Gasteiger partial charge on any atom is 0.320 e. The average molecular weight is 444 g/mol. The Morgan fingerprint density at radius 2 is 1.97 bits per heavy atom. The number of carbonyl (C=O) groups excluding carboxylic acids is 1. The number of aromatic amines is 1. The van der Waals surface area contributed by atoms with Crippen molar-refractivity contribution in [3.05, 3.63) is 42.0 Å². The fourth-order valence-electron chi connectivity index (χ4n) is 5.66. The fourth-order valence-corrected chi connectivity index (χ4v) is 6.29. The van der Waals surface area contributed by atoms with E-state index in [9.17, 15) is 13.2 Å². The number of nitrogens with one attached hydrogen (secondary N) is 1. The van der Waals surface area contributed by atoms with Crippen LogP contribution in [0.5, 0.6) is 0 Å². The lowest BCUT2D eigenvalue weighted by Gasteiger charge is -2.49. The van der Waals surface area contributed by atoms with Gasteiger partial charge in [-0.1, -0.05) is 12.1 Å². The van der Waals surface area contributed by atoms with Crippen LogP contribution in [-0.2, 0) is 16.3 Å². The van der Waals surface area contributed by atoms with E-state index in [-0.39, 0.29) is 17.4 Å². The van der Waals surface area contributed by atoms with E-state index >= 15 is 0 Å². The zero-order valence-corrected chi connectivity index (χ0v) is 18.6. The summed E-state index contributed by atoms with van der Waals surface area (Å²) < 4.78 is 23.3. The molecule has 2 aromatic rings. The Hall–Kier alpha value is -2.42. The van der Waals surface area contributed by atoms with E-state index in [0.717, 1.165) is 44.7 Å². The van der Waals surface area contributed by atoms with Crippen molar-refractivity contribution in [2.45, 2.75) is 42.9 Å². The largest absolute Gasteiger partial charge is 0.324 e. The molecule has 2 saturated heterocycles. The van der Waals surface area contributed by atoms with E-state index in [4.69, 9.17) is 0 Å². The summed E-state index contributed by atoms with van der Waals surface area (Å²) in [7, 11) is -3.15. The highest BCUT2D eigenvalue weighted by Gasteiger charge is 2.50. The third kappa shape index (κ3) is 4.07. The van der Waals surface area contributed by atoms with Crippen LogP contribution in [0, 0.1) is 11.3 Å². The van der Waals surface area contributed by atoms with Crippen molar-refractivity contribution in [1.82, 2.24) is 25.0 Å². The zero-order valence-electron chi connectivity index (χ0n) is 17.8. The summed E-state index contributed by atoms with van der Waals surface area (Å²) >= 11 is 0. The van der Waals surface area contributed by atoms with Crippen molar-refractivity contribution in [2.24, 2.45) is 11.3 Å². The molecule has 1 aromatic carbocycles. The van der Waals surface area contributed by atoms with Crippen LogP contribution in [0.2, 0.25) is 0 Å². The van der Waals surface area contributed by atoms with Crippen molar-refractivity contribution in [3.8, 4) is 0 Å². The summed E-state index contributed by atoms with van der Waals surface area (Å²) in [5.74, 6) is 1.73. The Kier molecular flexibility index (Phi) is 5.03. The molecule has 3 fully saturated rings. The van der Waals surface area contributed by atoms with Crippen LogP contribution in [-0.4, -0.2) is 71.9 Å². The molecule has 2 amide bonds. The van der Waals surface area contributed by atoms with Gasteiger partial charge in [-0.05, 0) is 55.7 Å². The maximum absolute atomic E-state index is 12.9. The van der Waals surface area contributed by atoms with E-state index in [1.165, 1.54) is 31.0 Å². The number of hydrogen-bond donors (Lipinski definition) is 1. The summed E-state index contributed by atoms with van der Waals surface area (Å²) in [6.45, 7) is 3.21. The number of urea groups is 1. The van der Waals surface area contributed by atoms with Crippen LogP contribution in [0.25, 0.3) is 0 Å². The van der Waals surface area contributed by atoms with Crippen molar-refractivity contribution >= 4 is 15.9 Å². The number of sulfone groups is 1. The van der Waals surface area contributed by atoms with Gasteiger partial charge in [0.25, 0.3) is 0 Å². The molecule has 0 bridgehead atoms. The molecule has 31 heavy (non-hydrogen) atoms. The molecular weight excluding hydrogens is 414 g/mol. The van der Waals surface area contributed by atoms with Gasteiger partial charge >= 0.3 is 6.03 Å². The molecule has 9 heteroatoms. The second-order valence-electron chi connectivity index (χ2n) is 9.67. The SMILES string of the molecule is CS(=O)(=O)c1ccc(CC2CCC3(C2)CN(C(=O)N2CCC(c4ncn[nH]4)C2)C3)cc1. The normalized spacial score (nSPS) is 25.2. The highest BCUT2D eigenvalue weighted by molar-refractivity contribution is 7.90. The number of aromatic nitrogens is 3. The number of rotatable bonds is 4. The number of carbonyl (C=O) groups is 1. The quantitative estimate of drug-likeness (QED) is 0.783. The van der Waals surface area contributed by atoms with Crippen molar-refractivity contribution in [3.63, 3.8) is 0 Å². The van der Waals surface area contributed by atoms with Gasteiger partial charge in [0.05, 0.1) is 4.90 Å². The first-order valence-corrected chi connectivity index (χ1v) is 12.9. The minimum absolute atomic E-state index is 0.160. The van der Waals surface area contributed by atoms with Crippen LogP contribution in [0.4, 0.5) is 4.79 Å². The minimum atomic E-state index is -3.15. The minimum Gasteiger partial charge on any atom is -0.324 e. The molecule has 3 heterocycles. The summed E-state index contributed by atoms with van der Waals surface area (Å²) in [6, 6.07) is 7.46. The molecule has 2 aliphatic heterocycles. The van der Waals surface area contributed by atoms with Gasteiger partial charge in [-0.25, -0.2) is 18.2 Å². The monoisotopic (exact) mass is 443 g/mol. The van der Waals surface area contributed by atoms with Gasteiger partial charge in [0.1, 0.15) is 12.2 Å². The lowest BCUT2D eigenvalue weighted by molar-refractivity contribution is 0.0210. The van der Waals surface area contributed by atoms with E-state index < -0.39 is 9.84 Å². The molecule has 8 nitrogen and oxygen atoms in total. The molecule has 2 unspecified atom stereocenters. The van der Waals surface area contributed by atoms with Crippen molar-refractivity contribution in [2.75, 3.05) is 32.4 Å². The van der Waals surface area contributed by atoms with Crippen LogP contribution in [0.15, 0.2) is 35.5 Å². The number of likely N-dealkylation sites (tertiary alicyclic amines) is 2. The Morgan fingerprint density at radius 1 is 1.19 bits per heavy atom. The molecule has 5 rings (SSSR count). The predicted octanol–water partition coefficient (Wildman–Crippen LogP) is 2.46. The third-order valence-electron chi connectivity index (χ3n) is 7.28. The predicted molar refractivity (Wildman–Crippen MR) is 115 cm³/mol.